The minimum Gasteiger partial charge on any atom is -0.465 e. The van der Waals surface area contributed by atoms with Gasteiger partial charge in [0.05, 0.1) is 34.8 Å². The van der Waals surface area contributed by atoms with Crippen molar-refractivity contribution in [1.82, 2.24) is 16.0 Å². The fourth-order valence-corrected chi connectivity index (χ4v) is 4.78. The van der Waals surface area contributed by atoms with Crippen molar-refractivity contribution >= 4 is 58.2 Å². The van der Waals surface area contributed by atoms with Crippen LogP contribution in [0.4, 0.5) is 5.69 Å². The lowest BCUT2D eigenvalue weighted by Crippen LogP contribution is -2.49. The third kappa shape index (κ3) is 8.32. The van der Waals surface area contributed by atoms with E-state index in [1.54, 1.807) is 42.5 Å². The van der Waals surface area contributed by atoms with E-state index in [2.05, 4.69) is 32.8 Å². The average molecular weight is 617 g/mol. The Morgan fingerprint density at radius 2 is 1.88 bits per heavy atom. The Balaban J connectivity index is 1.31. The predicted octanol–water partition coefficient (Wildman–Crippen LogP) is 3.13. The maximum Gasteiger partial charge on any atom is 0.289 e. The number of nitrogens with zero attached hydrogens (tertiary/aromatic N) is 1. The van der Waals surface area contributed by atoms with Gasteiger partial charge in [0.1, 0.15) is 6.10 Å². The number of amidine groups is 1. The molecule has 0 bridgehead atoms. The van der Waals surface area contributed by atoms with Crippen LogP contribution in [0.5, 0.6) is 0 Å². The third-order valence-corrected chi connectivity index (χ3v) is 6.92. The van der Waals surface area contributed by atoms with Crippen molar-refractivity contribution in [3.05, 3.63) is 81.9 Å². The van der Waals surface area contributed by atoms with Gasteiger partial charge in [0.25, 0.3) is 17.8 Å². The smallest absolute Gasteiger partial charge is 0.289 e. The predicted molar refractivity (Wildman–Crippen MR) is 161 cm³/mol. The van der Waals surface area contributed by atoms with Crippen LogP contribution in [0.15, 0.2) is 60.1 Å². The number of anilines is 1. The molecule has 0 spiro atoms. The zero-order valence-corrected chi connectivity index (χ0v) is 24.3. The standard InChI is InChI=1S/C29H31Cl2N5O6/c1-3-6-16(2)18-12-20(30)24(21(31)13-18)27(39)36-22(25-28(40)42-25)14-33-23(37)15-34-26(38)17-7-4-8-19(11-17)35-29-32-9-5-10-41-29/h3-4,6-8,11-13,22,25,28,40H,2,5,9-10,14-15H2,1H3,(H,32,35)(H,33,37)(H,34,38)(H,36,39)/b6-3-/t22-,25-,28?/m1/s1. The SMILES string of the molecule is C=C(/C=C\C)c1cc(Cl)c(C(=O)N[C@H](CNC(=O)CNC(=O)c2cccc(NC3=NCCCO3)c2)[C@H]2OC2O)c(Cl)c1. The monoisotopic (exact) mass is 615 g/mol. The van der Waals surface area contributed by atoms with Gasteiger partial charge in [-0.3, -0.25) is 14.4 Å². The van der Waals surface area contributed by atoms with Gasteiger partial charge in [-0.05, 0) is 48.4 Å². The van der Waals surface area contributed by atoms with E-state index in [-0.39, 0.29) is 28.7 Å². The summed E-state index contributed by atoms with van der Waals surface area (Å²) < 4.78 is 10.6. The second-order valence-electron chi connectivity index (χ2n) is 9.49. The molecule has 11 nitrogen and oxygen atoms in total. The van der Waals surface area contributed by atoms with E-state index >= 15 is 0 Å². The summed E-state index contributed by atoms with van der Waals surface area (Å²) in [6.07, 6.45) is 2.60. The van der Waals surface area contributed by atoms with Gasteiger partial charge in [-0.15, -0.1) is 0 Å². The lowest BCUT2D eigenvalue weighted by Gasteiger charge is -2.19. The molecule has 2 aliphatic rings. The number of aliphatic hydroxyl groups is 1. The Labute approximate surface area is 253 Å². The first kappa shape index (κ1) is 31.0. The molecular formula is C29H31Cl2N5O6. The minimum atomic E-state index is -1.10. The van der Waals surface area contributed by atoms with Crippen LogP contribution in [0.3, 0.4) is 0 Å². The number of ether oxygens (including phenoxy) is 2. The van der Waals surface area contributed by atoms with Crippen LogP contribution < -0.4 is 21.3 Å². The number of rotatable bonds is 11. The van der Waals surface area contributed by atoms with Crippen LogP contribution in [0.2, 0.25) is 10.0 Å². The van der Waals surface area contributed by atoms with Crippen LogP contribution in [-0.2, 0) is 14.3 Å². The molecule has 3 amide bonds. The maximum atomic E-state index is 13.1. The number of amides is 3. The number of hydrogen-bond donors (Lipinski definition) is 5. The molecule has 222 valence electrons. The topological polar surface area (TPSA) is 154 Å². The van der Waals surface area contributed by atoms with Gasteiger partial charge in [0, 0.05) is 30.8 Å². The van der Waals surface area contributed by atoms with Crippen LogP contribution in [0, 0.1) is 0 Å². The fraction of sp³-hybridized carbons (Fsp3) is 0.310. The summed E-state index contributed by atoms with van der Waals surface area (Å²) in [5, 5.41) is 20.9. The van der Waals surface area contributed by atoms with Crippen molar-refractivity contribution in [1.29, 1.82) is 0 Å². The molecule has 2 aromatic rings. The first-order valence-corrected chi connectivity index (χ1v) is 14.0. The first-order valence-electron chi connectivity index (χ1n) is 13.2. The van der Waals surface area contributed by atoms with Crippen LogP contribution in [-0.4, -0.2) is 73.5 Å². The van der Waals surface area contributed by atoms with Gasteiger partial charge in [0.2, 0.25) is 5.91 Å². The second kappa shape index (κ2) is 14.3. The highest BCUT2D eigenvalue weighted by atomic mass is 35.5. The fourth-order valence-electron chi connectivity index (χ4n) is 4.12. The van der Waals surface area contributed by atoms with Crippen molar-refractivity contribution in [3.63, 3.8) is 0 Å². The van der Waals surface area contributed by atoms with Crippen LogP contribution in [0.25, 0.3) is 5.57 Å². The summed E-state index contributed by atoms with van der Waals surface area (Å²) in [6, 6.07) is 9.43. The number of aliphatic imine (C=N–C) groups is 1. The molecule has 0 aromatic heterocycles. The van der Waals surface area contributed by atoms with Crippen LogP contribution in [0.1, 0.15) is 39.6 Å². The Kier molecular flexibility index (Phi) is 10.6. The summed E-state index contributed by atoms with van der Waals surface area (Å²) in [4.78, 5) is 42.5. The van der Waals surface area contributed by atoms with Gasteiger partial charge in [-0.2, -0.15) is 0 Å². The van der Waals surface area contributed by atoms with Gasteiger partial charge in [-0.1, -0.05) is 48.0 Å². The molecule has 42 heavy (non-hydrogen) atoms. The number of carbonyl (C=O) groups excluding carboxylic acids is 3. The highest BCUT2D eigenvalue weighted by molar-refractivity contribution is 6.40. The quantitative estimate of drug-likeness (QED) is 0.192. The van der Waals surface area contributed by atoms with E-state index < -0.39 is 36.2 Å². The van der Waals surface area contributed by atoms with E-state index in [0.717, 1.165) is 6.42 Å². The Morgan fingerprint density at radius 3 is 2.52 bits per heavy atom. The largest absolute Gasteiger partial charge is 0.465 e. The molecule has 0 saturated carbocycles. The van der Waals surface area contributed by atoms with Gasteiger partial charge >= 0.3 is 0 Å². The second-order valence-corrected chi connectivity index (χ2v) is 10.3. The number of nitrogens with one attached hydrogen (secondary N) is 4. The van der Waals surface area contributed by atoms with E-state index in [4.69, 9.17) is 32.7 Å². The molecule has 1 unspecified atom stereocenters. The van der Waals surface area contributed by atoms with E-state index in [1.165, 1.54) is 0 Å². The molecule has 4 rings (SSSR count). The van der Waals surface area contributed by atoms with Crippen molar-refractivity contribution in [2.24, 2.45) is 4.99 Å². The van der Waals surface area contributed by atoms with Crippen LogP contribution >= 0.6 is 23.2 Å². The summed E-state index contributed by atoms with van der Waals surface area (Å²) in [7, 11) is 0. The van der Waals surface area contributed by atoms with E-state index in [1.807, 2.05) is 13.0 Å². The lowest BCUT2D eigenvalue weighted by molar-refractivity contribution is -0.120. The zero-order valence-electron chi connectivity index (χ0n) is 22.8. The maximum absolute atomic E-state index is 13.1. The Hall–Kier alpha value is -3.90. The normalized spacial score (nSPS) is 18.3. The molecule has 13 heteroatoms. The lowest BCUT2D eigenvalue weighted by atomic mass is 10.0. The summed E-state index contributed by atoms with van der Waals surface area (Å²) >= 11 is 12.7. The molecule has 2 aromatic carbocycles. The average Bonchev–Trinajstić information content (AvgIpc) is 3.70. The number of aliphatic hydroxyl groups excluding tert-OH is 1. The number of hydrogen-bond acceptors (Lipinski definition) is 8. The van der Waals surface area contributed by atoms with Crippen molar-refractivity contribution < 1.29 is 29.0 Å². The third-order valence-electron chi connectivity index (χ3n) is 6.32. The molecule has 3 atom stereocenters. The van der Waals surface area contributed by atoms with Crippen molar-refractivity contribution in [3.8, 4) is 0 Å². The minimum absolute atomic E-state index is 0.0351. The van der Waals surface area contributed by atoms with Crippen molar-refractivity contribution in [2.45, 2.75) is 31.8 Å². The number of halogens is 2. The molecule has 2 aliphatic heterocycles. The molecule has 0 aliphatic carbocycles. The summed E-state index contributed by atoms with van der Waals surface area (Å²) in [5.74, 6) is -1.59. The summed E-state index contributed by atoms with van der Waals surface area (Å²) in [6.45, 7) is 6.61. The number of carbonyl (C=O) groups is 3. The zero-order chi connectivity index (χ0) is 30.2. The van der Waals surface area contributed by atoms with Gasteiger partial charge in [-0.25, -0.2) is 4.99 Å². The van der Waals surface area contributed by atoms with Gasteiger partial charge in [0.15, 0.2) is 6.29 Å². The van der Waals surface area contributed by atoms with E-state index in [9.17, 15) is 19.5 Å². The molecule has 1 saturated heterocycles. The van der Waals surface area contributed by atoms with Crippen molar-refractivity contribution in [2.75, 3.05) is 31.6 Å². The van der Waals surface area contributed by atoms with E-state index in [0.29, 0.717) is 41.6 Å². The number of allylic oxidation sites excluding steroid dienone is 3. The molecule has 1 fully saturated rings. The Bertz CT molecular complexity index is 1410. The molecule has 5 N–H and O–H groups in total. The number of epoxide rings is 1. The highest BCUT2D eigenvalue weighted by Gasteiger charge is 2.44. The molecule has 0 radical (unpaired) electrons. The first-order chi connectivity index (χ1) is 20.2. The Morgan fingerprint density at radius 1 is 1.14 bits per heavy atom. The highest BCUT2D eigenvalue weighted by Crippen LogP contribution is 2.30. The molecule has 2 heterocycles. The number of benzene rings is 2. The molecular weight excluding hydrogens is 585 g/mol. The summed E-state index contributed by atoms with van der Waals surface area (Å²) in [5.41, 5.74) is 2.31. The van der Waals surface area contributed by atoms with Gasteiger partial charge < -0.3 is 35.8 Å².